The zero-order chi connectivity index (χ0) is 9.23. The van der Waals surface area contributed by atoms with E-state index < -0.39 is 0 Å². The Morgan fingerprint density at radius 2 is 1.92 bits per heavy atom. The van der Waals surface area contributed by atoms with Gasteiger partial charge >= 0.3 is 0 Å². The highest BCUT2D eigenvalue weighted by molar-refractivity contribution is 5.21. The van der Waals surface area contributed by atoms with Gasteiger partial charge in [0.25, 0.3) is 0 Å². The first-order valence-electron chi connectivity index (χ1n) is 4.81. The van der Waals surface area contributed by atoms with E-state index in [1.54, 1.807) is 0 Å². The van der Waals surface area contributed by atoms with Crippen LogP contribution in [0, 0.1) is 0 Å². The third-order valence-corrected chi connectivity index (χ3v) is 1.57. The minimum atomic E-state index is 1.11. The summed E-state index contributed by atoms with van der Waals surface area (Å²) >= 11 is 0. The molecule has 0 fully saturated rings. The lowest BCUT2D eigenvalue weighted by Gasteiger charge is -1.88. The van der Waals surface area contributed by atoms with Crippen LogP contribution in [0.2, 0.25) is 0 Å². The summed E-state index contributed by atoms with van der Waals surface area (Å²) < 4.78 is 0. The van der Waals surface area contributed by atoms with Gasteiger partial charge in [0.1, 0.15) is 0 Å². The van der Waals surface area contributed by atoms with Crippen LogP contribution in [0.4, 0.5) is 0 Å². The molecule has 0 aliphatic rings. The smallest absolute Gasteiger partial charge is 0.0350 e. The Morgan fingerprint density at radius 1 is 1.17 bits per heavy atom. The normalized spacial score (nSPS) is 13.4. The van der Waals surface area contributed by atoms with Crippen molar-refractivity contribution in [3.63, 3.8) is 0 Å². The molecule has 0 aromatic heterocycles. The van der Waals surface area contributed by atoms with E-state index in [1.807, 2.05) is 0 Å². The van der Waals surface area contributed by atoms with E-state index >= 15 is 0 Å². The first-order chi connectivity index (χ1) is 5.81. The van der Waals surface area contributed by atoms with Crippen molar-refractivity contribution in [2.75, 3.05) is 0 Å². The molecule has 0 aliphatic carbocycles. The molecule has 0 aromatic rings. The summed E-state index contributed by atoms with van der Waals surface area (Å²) in [6, 6.07) is 0. The molecule has 68 valence electrons. The van der Waals surface area contributed by atoms with Crippen LogP contribution >= 0.6 is 0 Å². The Labute approximate surface area is 76.7 Å². The van der Waals surface area contributed by atoms with Crippen LogP contribution in [0.3, 0.4) is 0 Å². The van der Waals surface area contributed by atoms with Crippen molar-refractivity contribution >= 4 is 0 Å². The highest BCUT2D eigenvalue weighted by Crippen LogP contribution is 1.98. The molecule has 0 radical (unpaired) electrons. The molecule has 0 rings (SSSR count). The Balaban J connectivity index is 3.76. The van der Waals surface area contributed by atoms with Crippen molar-refractivity contribution < 1.29 is 0 Å². The second-order valence-corrected chi connectivity index (χ2v) is 2.94. The van der Waals surface area contributed by atoms with E-state index in [2.05, 4.69) is 51.2 Å². The van der Waals surface area contributed by atoms with Gasteiger partial charge in [0.2, 0.25) is 0 Å². The van der Waals surface area contributed by atoms with E-state index in [9.17, 15) is 0 Å². The van der Waals surface area contributed by atoms with Gasteiger partial charge in [-0.3, -0.25) is 0 Å². The van der Waals surface area contributed by atoms with Crippen LogP contribution < -0.4 is 0 Å². The molecular weight excluding hydrogens is 144 g/mol. The number of rotatable bonds is 5. The summed E-state index contributed by atoms with van der Waals surface area (Å²) in [7, 11) is 0. The summed E-state index contributed by atoms with van der Waals surface area (Å²) in [6.07, 6.45) is 14.4. The number of allylic oxidation sites excluding steroid dienone is 6. The summed E-state index contributed by atoms with van der Waals surface area (Å²) in [5.74, 6) is 0. The van der Waals surface area contributed by atoms with Gasteiger partial charge in [0.05, 0.1) is 0 Å². The number of hydrogen-bond acceptors (Lipinski definition) is 0. The first kappa shape index (κ1) is 11.2. The van der Waals surface area contributed by atoms with Crippen LogP contribution in [-0.4, -0.2) is 0 Å². The van der Waals surface area contributed by atoms with E-state index in [-0.39, 0.29) is 0 Å². The standard InChI is InChI=1S/C12H20/c1-4-6-8-10-12(3)11-9-7-5-2/h6,8-11H,4-5,7H2,1-3H3/b8-6-,11-9-,12-10+. The molecule has 0 bridgehead atoms. The Hall–Kier alpha value is -0.780. The lowest BCUT2D eigenvalue weighted by Crippen LogP contribution is -1.67. The molecule has 0 amide bonds. The van der Waals surface area contributed by atoms with Crippen LogP contribution in [0.25, 0.3) is 0 Å². The summed E-state index contributed by atoms with van der Waals surface area (Å²) in [6.45, 7) is 6.47. The molecule has 0 spiro atoms. The predicted molar refractivity (Wildman–Crippen MR) is 57.2 cm³/mol. The van der Waals surface area contributed by atoms with Crippen molar-refractivity contribution in [1.82, 2.24) is 0 Å². The second-order valence-electron chi connectivity index (χ2n) is 2.94. The largest absolute Gasteiger partial charge is 0.0848 e. The average molecular weight is 164 g/mol. The number of unbranched alkanes of at least 4 members (excludes halogenated alkanes) is 1. The van der Waals surface area contributed by atoms with Crippen molar-refractivity contribution in [2.45, 2.75) is 40.0 Å². The van der Waals surface area contributed by atoms with Gasteiger partial charge in [-0.15, -0.1) is 0 Å². The zero-order valence-electron chi connectivity index (χ0n) is 8.51. The predicted octanol–water partition coefficient (Wildman–Crippen LogP) is 4.26. The molecule has 0 aromatic carbocycles. The highest BCUT2D eigenvalue weighted by Gasteiger charge is 1.77. The summed E-state index contributed by atoms with van der Waals surface area (Å²) in [4.78, 5) is 0. The minimum Gasteiger partial charge on any atom is -0.0848 e. The lowest BCUT2D eigenvalue weighted by atomic mass is 10.2. The van der Waals surface area contributed by atoms with Crippen molar-refractivity contribution in [3.05, 3.63) is 36.0 Å². The van der Waals surface area contributed by atoms with Crippen LogP contribution in [0.1, 0.15) is 40.0 Å². The third-order valence-electron chi connectivity index (χ3n) is 1.57. The van der Waals surface area contributed by atoms with E-state index in [0.29, 0.717) is 0 Å². The Kier molecular flexibility index (Phi) is 7.78. The van der Waals surface area contributed by atoms with Crippen molar-refractivity contribution in [2.24, 2.45) is 0 Å². The maximum Gasteiger partial charge on any atom is -0.0350 e. The molecule has 0 atom stereocenters. The van der Waals surface area contributed by atoms with Crippen LogP contribution in [-0.2, 0) is 0 Å². The molecule has 0 heteroatoms. The highest BCUT2D eigenvalue weighted by atomic mass is 13.8. The van der Waals surface area contributed by atoms with Crippen LogP contribution in [0.5, 0.6) is 0 Å². The molecule has 0 saturated carbocycles. The SMILES string of the molecule is CC\C=C/C=C(C)/C=C\CCC. The van der Waals surface area contributed by atoms with Gasteiger partial charge in [0, 0.05) is 0 Å². The molecule has 0 aliphatic heterocycles. The number of hydrogen-bond donors (Lipinski definition) is 0. The average Bonchev–Trinajstić information content (AvgIpc) is 2.06. The molecule has 0 heterocycles. The maximum atomic E-state index is 2.23. The fraction of sp³-hybridized carbons (Fsp3) is 0.500. The lowest BCUT2D eigenvalue weighted by molar-refractivity contribution is 0.957. The quantitative estimate of drug-likeness (QED) is 0.533. The molecule has 0 unspecified atom stereocenters. The molecule has 12 heavy (non-hydrogen) atoms. The molecule has 0 nitrogen and oxygen atoms in total. The van der Waals surface area contributed by atoms with Gasteiger partial charge in [0.15, 0.2) is 0 Å². The maximum absolute atomic E-state index is 2.23. The van der Waals surface area contributed by atoms with Crippen molar-refractivity contribution in [3.8, 4) is 0 Å². The van der Waals surface area contributed by atoms with Gasteiger partial charge < -0.3 is 0 Å². The molecular formula is C12H20. The third kappa shape index (κ3) is 7.33. The fourth-order valence-electron chi connectivity index (χ4n) is 0.847. The molecule has 0 N–H and O–H groups in total. The minimum absolute atomic E-state index is 1.11. The summed E-state index contributed by atoms with van der Waals surface area (Å²) in [5, 5.41) is 0. The van der Waals surface area contributed by atoms with Crippen molar-refractivity contribution in [1.29, 1.82) is 0 Å². The Bertz CT molecular complexity index is 170. The van der Waals surface area contributed by atoms with Gasteiger partial charge in [-0.2, -0.15) is 0 Å². The monoisotopic (exact) mass is 164 g/mol. The van der Waals surface area contributed by atoms with Gasteiger partial charge in [-0.05, 0) is 19.8 Å². The van der Waals surface area contributed by atoms with E-state index in [0.717, 1.165) is 6.42 Å². The fourth-order valence-corrected chi connectivity index (χ4v) is 0.847. The second kappa shape index (κ2) is 8.32. The summed E-state index contributed by atoms with van der Waals surface area (Å²) in [5.41, 5.74) is 1.33. The zero-order valence-corrected chi connectivity index (χ0v) is 8.51. The van der Waals surface area contributed by atoms with Crippen LogP contribution in [0.15, 0.2) is 36.0 Å². The van der Waals surface area contributed by atoms with Gasteiger partial charge in [-0.25, -0.2) is 0 Å². The topological polar surface area (TPSA) is 0 Å². The first-order valence-corrected chi connectivity index (χ1v) is 4.81. The van der Waals surface area contributed by atoms with E-state index in [1.165, 1.54) is 18.4 Å². The van der Waals surface area contributed by atoms with E-state index in [4.69, 9.17) is 0 Å². The molecule has 0 saturated heterocycles. The van der Waals surface area contributed by atoms with Gasteiger partial charge in [-0.1, -0.05) is 56.2 Å². The Morgan fingerprint density at radius 3 is 2.50 bits per heavy atom.